The average Bonchev–Trinajstić information content (AvgIpc) is 2.90. The van der Waals surface area contributed by atoms with Gasteiger partial charge in [-0.3, -0.25) is 4.79 Å². The van der Waals surface area contributed by atoms with E-state index in [9.17, 15) is 4.79 Å². The van der Waals surface area contributed by atoms with Crippen molar-refractivity contribution >= 4 is 23.2 Å². The van der Waals surface area contributed by atoms with Gasteiger partial charge in [-0.1, -0.05) is 17.7 Å². The predicted octanol–water partition coefficient (Wildman–Crippen LogP) is 2.24. The highest BCUT2D eigenvalue weighted by Gasteiger charge is 2.11. The van der Waals surface area contributed by atoms with Crippen LogP contribution in [0.1, 0.15) is 12.8 Å². The summed E-state index contributed by atoms with van der Waals surface area (Å²) < 4.78 is 1.74. The van der Waals surface area contributed by atoms with Crippen molar-refractivity contribution < 1.29 is 9.90 Å². The molecule has 0 saturated heterocycles. The number of hydrogen-bond acceptors (Lipinski definition) is 3. The minimum atomic E-state index is -0.155. The monoisotopic (exact) mass is 279 g/mol. The van der Waals surface area contributed by atoms with Gasteiger partial charge in [0, 0.05) is 25.4 Å². The first kappa shape index (κ1) is 13.6. The summed E-state index contributed by atoms with van der Waals surface area (Å²) in [6.07, 6.45) is 5.72. The van der Waals surface area contributed by atoms with Crippen LogP contribution in [0, 0.1) is 0 Å². The molecule has 6 heteroatoms. The second-order valence-corrected chi connectivity index (χ2v) is 4.39. The van der Waals surface area contributed by atoms with Gasteiger partial charge in [0.15, 0.2) is 0 Å². The Kier molecular flexibility index (Phi) is 4.54. The van der Waals surface area contributed by atoms with Crippen LogP contribution in [-0.4, -0.2) is 27.2 Å². The molecule has 0 aliphatic carbocycles. The molecule has 1 aromatic carbocycles. The molecule has 0 fully saturated rings. The molecule has 0 radical (unpaired) electrons. The van der Waals surface area contributed by atoms with E-state index >= 15 is 0 Å². The first-order valence-corrected chi connectivity index (χ1v) is 6.27. The van der Waals surface area contributed by atoms with E-state index in [2.05, 4.69) is 10.3 Å². The lowest BCUT2D eigenvalue weighted by molar-refractivity contribution is -0.116. The van der Waals surface area contributed by atoms with E-state index in [1.54, 1.807) is 41.5 Å². The zero-order chi connectivity index (χ0) is 13.7. The molecule has 19 heavy (non-hydrogen) atoms. The first-order valence-electron chi connectivity index (χ1n) is 5.90. The summed E-state index contributed by atoms with van der Waals surface area (Å²) >= 11 is 6.17. The number of imidazole rings is 1. The largest absolute Gasteiger partial charge is 0.396 e. The van der Waals surface area contributed by atoms with Crippen LogP contribution in [0.4, 0.5) is 5.69 Å². The van der Waals surface area contributed by atoms with E-state index in [-0.39, 0.29) is 18.9 Å². The number of rotatable bonds is 5. The molecule has 0 spiro atoms. The number of hydrogen-bond donors (Lipinski definition) is 2. The van der Waals surface area contributed by atoms with Crippen LogP contribution < -0.4 is 5.32 Å². The van der Waals surface area contributed by atoms with Crippen LogP contribution in [0.15, 0.2) is 36.9 Å². The molecule has 2 N–H and O–H groups in total. The van der Waals surface area contributed by atoms with Gasteiger partial charge >= 0.3 is 0 Å². The standard InChI is InChI=1S/C13H14ClN3O2/c14-10-3-1-4-11(16-12(19)5-2-8-18)13(10)17-7-6-15-9-17/h1,3-4,6-7,9,18H,2,5,8H2,(H,16,19). The van der Waals surface area contributed by atoms with E-state index in [1.807, 2.05) is 0 Å². The molecule has 100 valence electrons. The van der Waals surface area contributed by atoms with E-state index in [1.165, 1.54) is 0 Å². The van der Waals surface area contributed by atoms with Gasteiger partial charge in [0.25, 0.3) is 0 Å². The zero-order valence-electron chi connectivity index (χ0n) is 10.2. The van der Waals surface area contributed by atoms with Crippen LogP contribution in [0.3, 0.4) is 0 Å². The topological polar surface area (TPSA) is 67.2 Å². The summed E-state index contributed by atoms with van der Waals surface area (Å²) in [5.41, 5.74) is 1.30. The third-order valence-electron chi connectivity index (χ3n) is 2.59. The minimum Gasteiger partial charge on any atom is -0.396 e. The summed E-state index contributed by atoms with van der Waals surface area (Å²) in [5.74, 6) is -0.155. The summed E-state index contributed by atoms with van der Waals surface area (Å²) in [4.78, 5) is 15.7. The van der Waals surface area contributed by atoms with Crippen molar-refractivity contribution in [1.29, 1.82) is 0 Å². The fourth-order valence-electron chi connectivity index (χ4n) is 1.72. The fraction of sp³-hybridized carbons (Fsp3) is 0.231. The fourth-order valence-corrected chi connectivity index (χ4v) is 1.99. The van der Waals surface area contributed by atoms with Gasteiger partial charge in [-0.2, -0.15) is 0 Å². The Morgan fingerprint density at radius 2 is 2.32 bits per heavy atom. The lowest BCUT2D eigenvalue weighted by Crippen LogP contribution is -2.13. The van der Waals surface area contributed by atoms with Crippen molar-refractivity contribution in [3.63, 3.8) is 0 Å². The highest BCUT2D eigenvalue weighted by atomic mass is 35.5. The molecule has 0 aliphatic heterocycles. The van der Waals surface area contributed by atoms with Gasteiger partial charge in [-0.05, 0) is 18.6 Å². The van der Waals surface area contributed by atoms with E-state index in [0.717, 1.165) is 0 Å². The molecule has 1 aromatic heterocycles. The summed E-state index contributed by atoms with van der Waals surface area (Å²) in [6.45, 7) is -0.00264. The van der Waals surface area contributed by atoms with Gasteiger partial charge in [0.05, 0.1) is 22.7 Å². The van der Waals surface area contributed by atoms with Crippen molar-refractivity contribution in [2.24, 2.45) is 0 Å². The van der Waals surface area contributed by atoms with Gasteiger partial charge in [0.2, 0.25) is 5.91 Å². The van der Waals surface area contributed by atoms with E-state index < -0.39 is 0 Å². The Morgan fingerprint density at radius 1 is 1.47 bits per heavy atom. The molecule has 0 atom stereocenters. The molecular weight excluding hydrogens is 266 g/mol. The van der Waals surface area contributed by atoms with Gasteiger partial charge in [-0.15, -0.1) is 0 Å². The van der Waals surface area contributed by atoms with Crippen molar-refractivity contribution in [2.75, 3.05) is 11.9 Å². The number of carbonyl (C=O) groups excluding carboxylic acids is 1. The summed E-state index contributed by atoms with van der Waals surface area (Å²) in [6, 6.07) is 5.29. The number of benzene rings is 1. The number of amides is 1. The smallest absolute Gasteiger partial charge is 0.224 e. The number of aliphatic hydroxyl groups is 1. The van der Waals surface area contributed by atoms with Crippen molar-refractivity contribution in [2.45, 2.75) is 12.8 Å². The number of aromatic nitrogens is 2. The maximum atomic E-state index is 11.7. The number of anilines is 1. The first-order chi connectivity index (χ1) is 9.22. The molecule has 2 rings (SSSR count). The number of nitrogens with one attached hydrogen (secondary N) is 1. The Hall–Kier alpha value is -1.85. The van der Waals surface area contributed by atoms with Gasteiger partial charge in [0.1, 0.15) is 0 Å². The zero-order valence-corrected chi connectivity index (χ0v) is 11.0. The van der Waals surface area contributed by atoms with E-state index in [4.69, 9.17) is 16.7 Å². The van der Waals surface area contributed by atoms with Gasteiger partial charge < -0.3 is 15.0 Å². The molecule has 0 unspecified atom stereocenters. The SMILES string of the molecule is O=C(CCCO)Nc1cccc(Cl)c1-n1ccnc1. The van der Waals surface area contributed by atoms with Crippen molar-refractivity contribution in [3.05, 3.63) is 41.9 Å². The molecule has 5 nitrogen and oxygen atoms in total. The van der Waals surface area contributed by atoms with Crippen LogP contribution >= 0.6 is 11.6 Å². The predicted molar refractivity (Wildman–Crippen MR) is 73.5 cm³/mol. The highest BCUT2D eigenvalue weighted by Crippen LogP contribution is 2.28. The van der Waals surface area contributed by atoms with Crippen LogP contribution in [0.5, 0.6) is 0 Å². The number of para-hydroxylation sites is 1. The lowest BCUT2D eigenvalue weighted by atomic mass is 10.2. The van der Waals surface area contributed by atoms with Crippen LogP contribution in [-0.2, 0) is 4.79 Å². The molecule has 0 saturated carbocycles. The normalized spacial score (nSPS) is 10.4. The average molecular weight is 280 g/mol. The molecule has 1 heterocycles. The Bertz CT molecular complexity index is 555. The Balaban J connectivity index is 2.26. The number of carbonyl (C=O) groups is 1. The van der Waals surface area contributed by atoms with Crippen molar-refractivity contribution in [1.82, 2.24) is 9.55 Å². The molecule has 0 bridgehead atoms. The summed E-state index contributed by atoms with van der Waals surface area (Å²) in [7, 11) is 0. The maximum absolute atomic E-state index is 11.7. The van der Waals surface area contributed by atoms with Gasteiger partial charge in [-0.25, -0.2) is 4.98 Å². The molecule has 0 aliphatic rings. The number of aliphatic hydroxyl groups excluding tert-OH is 1. The molecule has 2 aromatic rings. The third kappa shape index (κ3) is 3.33. The van der Waals surface area contributed by atoms with Crippen LogP contribution in [0.25, 0.3) is 5.69 Å². The highest BCUT2D eigenvalue weighted by molar-refractivity contribution is 6.33. The molecular formula is C13H14ClN3O2. The number of nitrogens with zero attached hydrogens (tertiary/aromatic N) is 2. The quantitative estimate of drug-likeness (QED) is 0.882. The van der Waals surface area contributed by atoms with Crippen LogP contribution in [0.2, 0.25) is 5.02 Å². The Morgan fingerprint density at radius 3 is 3.00 bits per heavy atom. The lowest BCUT2D eigenvalue weighted by Gasteiger charge is -2.13. The van der Waals surface area contributed by atoms with E-state index in [0.29, 0.717) is 22.8 Å². The maximum Gasteiger partial charge on any atom is 0.224 e. The molecule has 1 amide bonds. The minimum absolute atomic E-state index is 0.00264. The Labute approximate surface area is 115 Å². The third-order valence-corrected chi connectivity index (χ3v) is 2.89. The van der Waals surface area contributed by atoms with Crippen molar-refractivity contribution in [3.8, 4) is 5.69 Å². The number of halogens is 1. The summed E-state index contributed by atoms with van der Waals surface area (Å²) in [5, 5.41) is 12.0. The second-order valence-electron chi connectivity index (χ2n) is 3.98. The second kappa shape index (κ2) is 6.36.